The summed E-state index contributed by atoms with van der Waals surface area (Å²) in [4.78, 5) is 16.9. The SMILES string of the molecule is Cc1c(Cl)cccc1-n1c(SC(C)C(=O)Nc2sccc2C#N)nnc1-c1ccncc1. The molecular weight excluding hydrogens is 464 g/mol. The summed E-state index contributed by atoms with van der Waals surface area (Å²) in [5.41, 5.74) is 2.99. The number of hydrogen-bond acceptors (Lipinski definition) is 7. The third-order valence-corrected chi connectivity index (χ3v) is 7.01. The second-order valence-electron chi connectivity index (χ2n) is 6.79. The molecule has 0 bridgehead atoms. The van der Waals surface area contributed by atoms with E-state index in [0.717, 1.165) is 16.8 Å². The highest BCUT2D eigenvalue weighted by atomic mass is 35.5. The Balaban J connectivity index is 1.70. The lowest BCUT2D eigenvalue weighted by Crippen LogP contribution is -2.22. The van der Waals surface area contributed by atoms with Crippen molar-refractivity contribution in [2.24, 2.45) is 0 Å². The maximum absolute atomic E-state index is 12.8. The van der Waals surface area contributed by atoms with Crippen LogP contribution in [0.1, 0.15) is 18.1 Å². The van der Waals surface area contributed by atoms with Crippen molar-refractivity contribution in [3.63, 3.8) is 0 Å². The number of anilines is 1. The Hall–Kier alpha value is -3.19. The van der Waals surface area contributed by atoms with Crippen LogP contribution in [-0.2, 0) is 4.79 Å². The molecule has 0 fully saturated rings. The van der Waals surface area contributed by atoms with Gasteiger partial charge in [-0.15, -0.1) is 21.5 Å². The zero-order chi connectivity index (χ0) is 22.7. The van der Waals surface area contributed by atoms with Crippen LogP contribution in [-0.4, -0.2) is 30.9 Å². The van der Waals surface area contributed by atoms with Crippen molar-refractivity contribution in [1.29, 1.82) is 5.26 Å². The Kier molecular flexibility index (Phi) is 6.55. The zero-order valence-corrected chi connectivity index (χ0v) is 19.5. The van der Waals surface area contributed by atoms with Crippen LogP contribution < -0.4 is 5.32 Å². The van der Waals surface area contributed by atoms with Crippen LogP contribution in [0.5, 0.6) is 0 Å². The first-order chi connectivity index (χ1) is 15.5. The first-order valence-electron chi connectivity index (χ1n) is 9.56. The van der Waals surface area contributed by atoms with Gasteiger partial charge >= 0.3 is 0 Å². The largest absolute Gasteiger partial charge is 0.316 e. The van der Waals surface area contributed by atoms with E-state index in [1.54, 1.807) is 30.8 Å². The van der Waals surface area contributed by atoms with E-state index in [9.17, 15) is 10.1 Å². The summed E-state index contributed by atoms with van der Waals surface area (Å²) in [5, 5.41) is 23.8. The number of aromatic nitrogens is 4. The van der Waals surface area contributed by atoms with Gasteiger partial charge in [-0.3, -0.25) is 14.3 Å². The summed E-state index contributed by atoms with van der Waals surface area (Å²) in [7, 11) is 0. The Bertz CT molecular complexity index is 1310. The number of thioether (sulfide) groups is 1. The normalized spacial score (nSPS) is 11.7. The average Bonchev–Trinajstić information content (AvgIpc) is 3.43. The number of nitrogens with one attached hydrogen (secondary N) is 1. The Morgan fingerprint density at radius 2 is 2.03 bits per heavy atom. The van der Waals surface area contributed by atoms with Crippen LogP contribution in [0.4, 0.5) is 5.00 Å². The minimum absolute atomic E-state index is 0.225. The van der Waals surface area contributed by atoms with E-state index in [2.05, 4.69) is 26.6 Å². The first kappa shape index (κ1) is 22.0. The van der Waals surface area contributed by atoms with Gasteiger partial charge < -0.3 is 5.32 Å². The average molecular weight is 481 g/mol. The molecule has 0 spiro atoms. The van der Waals surface area contributed by atoms with Gasteiger partial charge in [0.25, 0.3) is 0 Å². The molecule has 0 aliphatic rings. The van der Waals surface area contributed by atoms with E-state index in [-0.39, 0.29) is 5.91 Å². The first-order valence-corrected chi connectivity index (χ1v) is 11.7. The number of rotatable bonds is 6. The number of carbonyl (C=O) groups is 1. The van der Waals surface area contributed by atoms with E-state index in [1.807, 2.05) is 41.8 Å². The Labute approximate surface area is 198 Å². The molecule has 3 heterocycles. The fraction of sp³-hybridized carbons (Fsp3) is 0.136. The highest BCUT2D eigenvalue weighted by molar-refractivity contribution is 8.00. The highest BCUT2D eigenvalue weighted by Gasteiger charge is 2.23. The molecule has 160 valence electrons. The van der Waals surface area contributed by atoms with Crippen molar-refractivity contribution < 1.29 is 4.79 Å². The van der Waals surface area contributed by atoms with Gasteiger partial charge in [-0.1, -0.05) is 29.4 Å². The lowest BCUT2D eigenvalue weighted by atomic mass is 10.2. The molecule has 1 aromatic carbocycles. The van der Waals surface area contributed by atoms with E-state index >= 15 is 0 Å². The molecule has 0 aliphatic carbocycles. The highest BCUT2D eigenvalue weighted by Crippen LogP contribution is 2.33. The van der Waals surface area contributed by atoms with Crippen LogP contribution in [0.3, 0.4) is 0 Å². The molecule has 4 rings (SSSR count). The number of thiophene rings is 1. The van der Waals surface area contributed by atoms with Crippen LogP contribution in [0.2, 0.25) is 5.02 Å². The molecule has 1 N–H and O–H groups in total. The molecule has 0 saturated heterocycles. The number of amides is 1. The molecule has 3 aromatic heterocycles. The molecular formula is C22H17ClN6OS2. The van der Waals surface area contributed by atoms with Crippen molar-refractivity contribution in [1.82, 2.24) is 19.7 Å². The van der Waals surface area contributed by atoms with Gasteiger partial charge in [-0.2, -0.15) is 5.26 Å². The minimum Gasteiger partial charge on any atom is -0.316 e. The summed E-state index contributed by atoms with van der Waals surface area (Å²) < 4.78 is 1.90. The molecule has 7 nitrogen and oxygen atoms in total. The van der Waals surface area contributed by atoms with Crippen molar-refractivity contribution in [2.45, 2.75) is 24.3 Å². The second-order valence-corrected chi connectivity index (χ2v) is 9.42. The Morgan fingerprint density at radius 3 is 2.78 bits per heavy atom. The van der Waals surface area contributed by atoms with Crippen molar-refractivity contribution in [3.05, 3.63) is 70.3 Å². The molecule has 10 heteroatoms. The standard InChI is InChI=1S/C22H17ClN6OS2/c1-13-17(23)4-3-5-18(13)29-19(15-6-9-25-10-7-15)27-28-22(29)32-14(2)20(30)26-21-16(12-24)8-11-31-21/h3-11,14H,1-2H3,(H,26,30). The molecule has 0 aliphatic heterocycles. The topological polar surface area (TPSA) is 96.5 Å². The lowest BCUT2D eigenvalue weighted by molar-refractivity contribution is -0.115. The van der Waals surface area contributed by atoms with Crippen molar-refractivity contribution in [2.75, 3.05) is 5.32 Å². The van der Waals surface area contributed by atoms with Gasteiger partial charge in [-0.25, -0.2) is 0 Å². The number of carbonyl (C=O) groups excluding carboxylic acids is 1. The Morgan fingerprint density at radius 1 is 1.25 bits per heavy atom. The number of benzene rings is 1. The van der Waals surface area contributed by atoms with Crippen LogP contribution in [0, 0.1) is 18.3 Å². The van der Waals surface area contributed by atoms with E-state index in [4.69, 9.17) is 11.6 Å². The van der Waals surface area contributed by atoms with Gasteiger partial charge in [0.1, 0.15) is 11.1 Å². The fourth-order valence-corrected chi connectivity index (χ4v) is 4.78. The smallest absolute Gasteiger partial charge is 0.238 e. The minimum atomic E-state index is -0.489. The summed E-state index contributed by atoms with van der Waals surface area (Å²) in [6.45, 7) is 3.72. The molecule has 1 atom stereocenters. The number of halogens is 1. The third-order valence-electron chi connectivity index (χ3n) is 4.73. The van der Waals surface area contributed by atoms with Crippen molar-refractivity contribution >= 4 is 45.6 Å². The van der Waals surface area contributed by atoms with Crippen LogP contribution in [0.15, 0.2) is 59.3 Å². The van der Waals surface area contributed by atoms with Crippen molar-refractivity contribution in [3.8, 4) is 23.1 Å². The molecule has 0 radical (unpaired) electrons. The number of nitriles is 1. The lowest BCUT2D eigenvalue weighted by Gasteiger charge is -2.16. The van der Waals surface area contributed by atoms with Crippen LogP contribution in [0.25, 0.3) is 17.1 Å². The fourth-order valence-electron chi connectivity index (χ4n) is 3.01. The molecule has 1 amide bonds. The predicted molar refractivity (Wildman–Crippen MR) is 127 cm³/mol. The number of nitrogens with zero attached hydrogens (tertiary/aromatic N) is 5. The molecule has 4 aromatic rings. The summed E-state index contributed by atoms with van der Waals surface area (Å²) in [6.07, 6.45) is 3.38. The quantitative estimate of drug-likeness (QED) is 0.374. The third kappa shape index (κ3) is 4.39. The van der Waals surface area contributed by atoms with E-state index in [1.165, 1.54) is 23.1 Å². The van der Waals surface area contributed by atoms with E-state index in [0.29, 0.717) is 26.6 Å². The second kappa shape index (κ2) is 9.53. The number of hydrogen-bond donors (Lipinski definition) is 1. The molecule has 0 saturated carbocycles. The molecule has 32 heavy (non-hydrogen) atoms. The monoisotopic (exact) mass is 480 g/mol. The van der Waals surface area contributed by atoms with Crippen LogP contribution >= 0.6 is 34.7 Å². The predicted octanol–water partition coefficient (Wildman–Crippen LogP) is 5.34. The maximum Gasteiger partial charge on any atom is 0.238 e. The van der Waals surface area contributed by atoms with Gasteiger partial charge in [0, 0.05) is 23.0 Å². The van der Waals surface area contributed by atoms with Gasteiger partial charge in [-0.05, 0) is 55.1 Å². The zero-order valence-electron chi connectivity index (χ0n) is 17.1. The summed E-state index contributed by atoms with van der Waals surface area (Å²) in [6, 6.07) is 13.1. The molecule has 1 unspecified atom stereocenters. The van der Waals surface area contributed by atoms with Gasteiger partial charge in [0.05, 0.1) is 16.5 Å². The maximum atomic E-state index is 12.8. The number of pyridine rings is 1. The van der Waals surface area contributed by atoms with Gasteiger partial charge in [0.15, 0.2) is 11.0 Å². The van der Waals surface area contributed by atoms with E-state index < -0.39 is 5.25 Å². The van der Waals surface area contributed by atoms with Gasteiger partial charge in [0.2, 0.25) is 5.91 Å². The summed E-state index contributed by atoms with van der Waals surface area (Å²) >= 11 is 8.98. The summed E-state index contributed by atoms with van der Waals surface area (Å²) in [5.74, 6) is 0.398.